The maximum absolute atomic E-state index is 12.8. The molecule has 0 bridgehead atoms. The molecule has 1 atom stereocenters. The van der Waals surface area contributed by atoms with Gasteiger partial charge in [-0.25, -0.2) is 8.42 Å². The van der Waals surface area contributed by atoms with Gasteiger partial charge in [0.1, 0.15) is 6.04 Å². The Morgan fingerprint density at radius 3 is 2.48 bits per heavy atom. The standard InChI is InChI=1S/C17H22N2O4S2/c1-19(2)15-8-4-7-13-12(15)6-5-9-16(13)25(22,23)18-14(17(20)21)10-11-24-3/h4-9,14,18H,10-11H2,1-3H3,(H,20,21)/t14-/m1/s1/i3+2. The second-order valence-electron chi connectivity index (χ2n) is 5.82. The minimum atomic E-state index is -3.96. The number of nitrogens with one attached hydrogen (secondary N) is 1. The van der Waals surface area contributed by atoms with Gasteiger partial charge in [-0.2, -0.15) is 16.5 Å². The molecule has 0 saturated carbocycles. The number of hydrogen-bond acceptors (Lipinski definition) is 5. The molecule has 0 heterocycles. The van der Waals surface area contributed by atoms with Crippen LogP contribution in [0.15, 0.2) is 41.3 Å². The van der Waals surface area contributed by atoms with Gasteiger partial charge in [-0.15, -0.1) is 0 Å². The van der Waals surface area contributed by atoms with Crippen molar-refractivity contribution in [3.63, 3.8) is 0 Å². The maximum atomic E-state index is 12.8. The molecule has 0 aromatic heterocycles. The van der Waals surface area contributed by atoms with Crippen LogP contribution in [-0.2, 0) is 14.8 Å². The lowest BCUT2D eigenvalue weighted by atomic mass is 10.1. The molecule has 2 aromatic rings. The Morgan fingerprint density at radius 2 is 1.88 bits per heavy atom. The SMILES string of the molecule is CN(C)c1cccc2c(S(=O)(=O)N[C@H](CCS[14CH3])C(=O)O)cccc12. The molecule has 6 nitrogen and oxygen atoms in total. The van der Waals surface area contributed by atoms with Gasteiger partial charge in [0, 0.05) is 30.6 Å². The number of benzene rings is 2. The summed E-state index contributed by atoms with van der Waals surface area (Å²) < 4.78 is 28.0. The van der Waals surface area contributed by atoms with Crippen molar-refractivity contribution in [1.82, 2.24) is 4.72 Å². The lowest BCUT2D eigenvalue weighted by Crippen LogP contribution is -2.41. The van der Waals surface area contributed by atoms with Crippen LogP contribution in [0, 0.1) is 0 Å². The van der Waals surface area contributed by atoms with E-state index in [1.807, 2.05) is 37.4 Å². The number of carboxylic acid groups (broad SMARTS) is 1. The zero-order chi connectivity index (χ0) is 18.6. The smallest absolute Gasteiger partial charge is 0.321 e. The molecule has 0 aliphatic carbocycles. The molecule has 0 amide bonds. The third kappa shape index (κ3) is 4.45. The van der Waals surface area contributed by atoms with Crippen molar-refractivity contribution in [2.75, 3.05) is 31.0 Å². The van der Waals surface area contributed by atoms with Gasteiger partial charge in [0.2, 0.25) is 10.0 Å². The summed E-state index contributed by atoms with van der Waals surface area (Å²) in [6.45, 7) is 0. The molecule has 0 fully saturated rings. The van der Waals surface area contributed by atoms with Crippen molar-refractivity contribution in [3.8, 4) is 0 Å². The van der Waals surface area contributed by atoms with E-state index in [1.165, 1.54) is 17.8 Å². The van der Waals surface area contributed by atoms with Crippen LogP contribution in [0.1, 0.15) is 6.42 Å². The van der Waals surface area contributed by atoms with E-state index in [0.717, 1.165) is 11.1 Å². The van der Waals surface area contributed by atoms with Gasteiger partial charge in [0.05, 0.1) is 4.90 Å². The highest BCUT2D eigenvalue weighted by atomic mass is 32.2. The normalized spacial score (nSPS) is 12.9. The number of anilines is 1. The van der Waals surface area contributed by atoms with Gasteiger partial charge in [0.15, 0.2) is 0 Å². The van der Waals surface area contributed by atoms with E-state index >= 15 is 0 Å². The fraction of sp³-hybridized carbons (Fsp3) is 0.353. The van der Waals surface area contributed by atoms with Gasteiger partial charge in [-0.05, 0) is 30.6 Å². The first-order chi connectivity index (χ1) is 11.8. The van der Waals surface area contributed by atoms with Gasteiger partial charge in [0.25, 0.3) is 0 Å². The van der Waals surface area contributed by atoms with Crippen molar-refractivity contribution in [3.05, 3.63) is 36.4 Å². The van der Waals surface area contributed by atoms with E-state index in [9.17, 15) is 18.3 Å². The summed E-state index contributed by atoms with van der Waals surface area (Å²) in [5.74, 6) is -0.619. The fourth-order valence-electron chi connectivity index (χ4n) is 2.61. The molecule has 0 spiro atoms. The molecule has 0 aliphatic heterocycles. The van der Waals surface area contributed by atoms with Crippen molar-refractivity contribution in [2.45, 2.75) is 17.4 Å². The summed E-state index contributed by atoms with van der Waals surface area (Å²) >= 11 is 1.47. The second-order valence-corrected chi connectivity index (χ2v) is 8.48. The van der Waals surface area contributed by atoms with E-state index < -0.39 is 22.0 Å². The Labute approximate surface area is 152 Å². The largest absolute Gasteiger partial charge is 0.480 e. The van der Waals surface area contributed by atoms with E-state index in [1.54, 1.807) is 18.2 Å². The zero-order valence-electron chi connectivity index (χ0n) is 14.4. The monoisotopic (exact) mass is 384 g/mol. The highest BCUT2D eigenvalue weighted by Gasteiger charge is 2.26. The number of nitrogens with zero attached hydrogens (tertiary/aromatic N) is 1. The number of hydrogen-bond donors (Lipinski definition) is 2. The highest BCUT2D eigenvalue weighted by Crippen LogP contribution is 2.30. The lowest BCUT2D eigenvalue weighted by molar-refractivity contribution is -0.139. The summed E-state index contributed by atoms with van der Waals surface area (Å²) in [5.41, 5.74) is 0.895. The summed E-state index contributed by atoms with van der Waals surface area (Å²) in [5, 5.41) is 10.7. The van der Waals surface area contributed by atoms with Crippen molar-refractivity contribution < 1.29 is 18.3 Å². The maximum Gasteiger partial charge on any atom is 0.321 e. The minimum Gasteiger partial charge on any atom is -0.480 e. The Kier molecular flexibility index (Phi) is 6.31. The van der Waals surface area contributed by atoms with Gasteiger partial charge >= 0.3 is 5.97 Å². The van der Waals surface area contributed by atoms with E-state index in [0.29, 0.717) is 11.1 Å². The second kappa shape index (κ2) is 8.07. The molecule has 8 heteroatoms. The Bertz CT molecular complexity index is 866. The lowest BCUT2D eigenvalue weighted by Gasteiger charge is -2.18. The fourth-order valence-corrected chi connectivity index (χ4v) is 4.52. The molecule has 2 N–H and O–H groups in total. The summed E-state index contributed by atoms with van der Waals surface area (Å²) in [6.07, 6.45) is 2.07. The van der Waals surface area contributed by atoms with Crippen molar-refractivity contribution in [2.24, 2.45) is 0 Å². The van der Waals surface area contributed by atoms with Crippen LogP contribution in [0.2, 0.25) is 0 Å². The first-order valence-electron chi connectivity index (χ1n) is 7.71. The number of fused-ring (bicyclic) bond motifs is 1. The average molecular weight is 384 g/mol. The summed E-state index contributed by atoms with van der Waals surface area (Å²) in [7, 11) is -0.191. The Balaban J connectivity index is 2.49. The van der Waals surface area contributed by atoms with Crippen LogP contribution in [0.5, 0.6) is 0 Å². The number of aliphatic carboxylic acids is 1. The first-order valence-corrected chi connectivity index (χ1v) is 10.6. The number of rotatable bonds is 8. The number of carbonyl (C=O) groups is 1. The highest BCUT2D eigenvalue weighted by molar-refractivity contribution is 7.98. The van der Waals surface area contributed by atoms with Crippen molar-refractivity contribution >= 4 is 44.2 Å². The van der Waals surface area contributed by atoms with Crippen LogP contribution in [-0.4, -0.2) is 51.6 Å². The third-order valence-corrected chi connectivity index (χ3v) is 6.01. The van der Waals surface area contributed by atoms with Crippen LogP contribution in [0.4, 0.5) is 5.69 Å². The third-order valence-electron chi connectivity index (χ3n) is 3.84. The quantitative estimate of drug-likeness (QED) is 0.727. The van der Waals surface area contributed by atoms with Crippen LogP contribution < -0.4 is 9.62 Å². The van der Waals surface area contributed by atoms with Gasteiger partial charge < -0.3 is 10.0 Å². The van der Waals surface area contributed by atoms with E-state index in [2.05, 4.69) is 4.72 Å². The van der Waals surface area contributed by atoms with E-state index in [4.69, 9.17) is 0 Å². The molecule has 136 valence electrons. The van der Waals surface area contributed by atoms with E-state index in [-0.39, 0.29) is 11.3 Å². The molecule has 0 saturated heterocycles. The van der Waals surface area contributed by atoms with Crippen molar-refractivity contribution in [1.29, 1.82) is 0 Å². The van der Waals surface area contributed by atoms with Crippen LogP contribution in [0.25, 0.3) is 10.8 Å². The number of carboxylic acids is 1. The summed E-state index contributed by atoms with van der Waals surface area (Å²) in [6, 6.07) is 9.30. The topological polar surface area (TPSA) is 86.7 Å². The number of thioether (sulfide) groups is 1. The molecule has 0 radical (unpaired) electrons. The first kappa shape index (κ1) is 19.6. The predicted octanol–water partition coefficient (Wildman–Crippen LogP) is 2.39. The molecular formula is C17H22N2O4S2. The zero-order valence-corrected chi connectivity index (χ0v) is 16.0. The summed E-state index contributed by atoms with van der Waals surface area (Å²) in [4.78, 5) is 13.4. The molecular weight excluding hydrogens is 362 g/mol. The molecule has 2 aromatic carbocycles. The Hall–Kier alpha value is -1.77. The van der Waals surface area contributed by atoms with Crippen LogP contribution >= 0.6 is 11.8 Å². The minimum absolute atomic E-state index is 0.0871. The average Bonchev–Trinajstić information content (AvgIpc) is 2.57. The Morgan fingerprint density at radius 1 is 1.24 bits per heavy atom. The molecule has 0 aliphatic rings. The molecule has 2 rings (SSSR count). The number of sulfonamides is 1. The van der Waals surface area contributed by atoms with Gasteiger partial charge in [-0.1, -0.05) is 24.3 Å². The molecule has 0 unspecified atom stereocenters. The predicted molar refractivity (Wildman–Crippen MR) is 103 cm³/mol. The van der Waals surface area contributed by atoms with Gasteiger partial charge in [-0.3, -0.25) is 4.79 Å². The molecule has 25 heavy (non-hydrogen) atoms. The van der Waals surface area contributed by atoms with Crippen LogP contribution in [0.3, 0.4) is 0 Å².